The number of hydrogen-bond donors (Lipinski definition) is 0. The van der Waals surface area contributed by atoms with E-state index in [9.17, 15) is 4.79 Å². The molecule has 2 rings (SSSR count). The summed E-state index contributed by atoms with van der Waals surface area (Å²) in [5.74, 6) is 0.148. The molecular formula is C21H25NO2. The number of hydrogen-bond acceptors (Lipinski definition) is 3. The first-order chi connectivity index (χ1) is 11.8. The van der Waals surface area contributed by atoms with Gasteiger partial charge in [-0.15, -0.1) is 0 Å². The van der Waals surface area contributed by atoms with Crippen LogP contribution >= 0.6 is 0 Å². The lowest BCUT2D eigenvalue weighted by molar-refractivity contribution is -0.114. The van der Waals surface area contributed by atoms with Crippen LogP contribution in [0.1, 0.15) is 36.5 Å². The number of carbonyl (C=O) groups is 1. The summed E-state index contributed by atoms with van der Waals surface area (Å²) in [4.78, 5) is 15.9. The summed E-state index contributed by atoms with van der Waals surface area (Å²) in [5, 5.41) is 0. The molecule has 0 fully saturated rings. The fraction of sp³-hybridized carbons (Fsp3) is 0.333. The summed E-state index contributed by atoms with van der Waals surface area (Å²) in [6, 6.07) is 12.4. The molecule has 3 heteroatoms. The van der Waals surface area contributed by atoms with Crippen molar-refractivity contribution >= 4 is 11.9 Å². The highest BCUT2D eigenvalue weighted by atomic mass is 16.5. The van der Waals surface area contributed by atoms with Crippen LogP contribution in [0.2, 0.25) is 0 Å². The van der Waals surface area contributed by atoms with Crippen LogP contribution in [0.25, 0.3) is 6.08 Å². The molecule has 0 radical (unpaired) electrons. The van der Waals surface area contributed by atoms with Crippen molar-refractivity contribution in [2.24, 2.45) is 0 Å². The largest absolute Gasteiger partial charge is 0.382 e. The van der Waals surface area contributed by atoms with Gasteiger partial charge in [-0.2, -0.15) is 0 Å². The molecule has 0 aliphatic carbocycles. The molecule has 0 N–H and O–H groups in total. The van der Waals surface area contributed by atoms with Gasteiger partial charge < -0.3 is 4.74 Å². The minimum Gasteiger partial charge on any atom is -0.382 e. The highest BCUT2D eigenvalue weighted by Crippen LogP contribution is 2.10. The highest BCUT2D eigenvalue weighted by molar-refractivity contribution is 5.93. The normalized spacial score (nSPS) is 11.0. The molecule has 0 amide bonds. The number of aryl methyl sites for hydroxylation is 2. The van der Waals surface area contributed by atoms with Crippen molar-refractivity contribution in [3.63, 3.8) is 0 Å². The number of aromatic nitrogens is 1. The summed E-state index contributed by atoms with van der Waals surface area (Å²) in [7, 11) is 0. The molecule has 0 spiro atoms. The number of nitrogens with zero attached hydrogens (tertiary/aromatic N) is 1. The van der Waals surface area contributed by atoms with Gasteiger partial charge in [-0.05, 0) is 55.0 Å². The van der Waals surface area contributed by atoms with Gasteiger partial charge in [-0.3, -0.25) is 9.78 Å². The average molecular weight is 323 g/mol. The number of carbonyl (C=O) groups excluding carboxylic acids is 1. The fourth-order valence-electron chi connectivity index (χ4n) is 2.40. The lowest BCUT2D eigenvalue weighted by Gasteiger charge is -2.02. The highest BCUT2D eigenvalue weighted by Gasteiger charge is 1.98. The Morgan fingerprint density at radius 2 is 1.92 bits per heavy atom. The molecule has 0 aliphatic rings. The molecule has 0 saturated heterocycles. The Morgan fingerprint density at radius 1 is 1.12 bits per heavy atom. The zero-order chi connectivity index (χ0) is 17.0. The maximum absolute atomic E-state index is 11.8. The third-order valence-electron chi connectivity index (χ3n) is 3.78. The van der Waals surface area contributed by atoms with E-state index in [1.54, 1.807) is 12.3 Å². The summed E-state index contributed by atoms with van der Waals surface area (Å²) < 4.78 is 5.23. The molecule has 3 nitrogen and oxygen atoms in total. The van der Waals surface area contributed by atoms with Crippen LogP contribution in [0.4, 0.5) is 0 Å². The van der Waals surface area contributed by atoms with Crippen molar-refractivity contribution in [2.75, 3.05) is 13.2 Å². The Hall–Kier alpha value is -2.26. The predicted octanol–water partition coefficient (Wildman–Crippen LogP) is 4.27. The number of ketones is 1. The van der Waals surface area contributed by atoms with E-state index >= 15 is 0 Å². The van der Waals surface area contributed by atoms with E-state index in [1.165, 1.54) is 11.1 Å². The van der Waals surface area contributed by atoms with Gasteiger partial charge in [0, 0.05) is 32.0 Å². The molecule has 0 bridgehead atoms. The van der Waals surface area contributed by atoms with E-state index < -0.39 is 0 Å². The second-order valence-corrected chi connectivity index (χ2v) is 5.70. The first-order valence-corrected chi connectivity index (χ1v) is 8.54. The SMILES string of the molecule is CCOCCCC(=O)/C=C/c1ccc(CCc2cccnc2)cc1. The lowest BCUT2D eigenvalue weighted by atomic mass is 10.0. The first kappa shape index (κ1) is 18.1. The number of benzene rings is 1. The second-order valence-electron chi connectivity index (χ2n) is 5.70. The van der Waals surface area contributed by atoms with Crippen molar-refractivity contribution in [3.05, 3.63) is 71.6 Å². The van der Waals surface area contributed by atoms with Crippen LogP contribution in [0.3, 0.4) is 0 Å². The number of ether oxygens (including phenoxy) is 1. The molecular weight excluding hydrogens is 298 g/mol. The van der Waals surface area contributed by atoms with Crippen molar-refractivity contribution in [1.82, 2.24) is 4.98 Å². The van der Waals surface area contributed by atoms with Crippen LogP contribution in [-0.4, -0.2) is 24.0 Å². The number of allylic oxidation sites excluding steroid dienone is 1. The molecule has 126 valence electrons. The standard InChI is InChI=1S/C21H25NO2/c1-2-24-16-4-6-21(23)14-13-19-9-7-18(8-10-19)11-12-20-5-3-15-22-17-20/h3,5,7-10,13-15,17H,2,4,6,11-12,16H2,1H3/b14-13+. The lowest BCUT2D eigenvalue weighted by Crippen LogP contribution is -1.98. The van der Waals surface area contributed by atoms with Gasteiger partial charge in [0.2, 0.25) is 0 Å². The number of rotatable bonds is 10. The Balaban J connectivity index is 1.77. The van der Waals surface area contributed by atoms with Crippen molar-refractivity contribution in [2.45, 2.75) is 32.6 Å². The first-order valence-electron chi connectivity index (χ1n) is 8.54. The van der Waals surface area contributed by atoms with E-state index in [-0.39, 0.29) is 5.78 Å². The predicted molar refractivity (Wildman–Crippen MR) is 97.9 cm³/mol. The van der Waals surface area contributed by atoms with Gasteiger partial charge in [0.15, 0.2) is 5.78 Å². The third-order valence-corrected chi connectivity index (χ3v) is 3.78. The van der Waals surface area contributed by atoms with Gasteiger partial charge in [0.25, 0.3) is 0 Å². The minimum atomic E-state index is 0.148. The Morgan fingerprint density at radius 3 is 2.62 bits per heavy atom. The Kier molecular flexibility index (Phi) is 7.91. The molecule has 1 aromatic heterocycles. The van der Waals surface area contributed by atoms with E-state index in [2.05, 4.69) is 35.3 Å². The van der Waals surface area contributed by atoms with Gasteiger partial charge in [-0.25, -0.2) is 0 Å². The summed E-state index contributed by atoms with van der Waals surface area (Å²) in [6.45, 7) is 3.32. The van der Waals surface area contributed by atoms with E-state index in [4.69, 9.17) is 4.74 Å². The topological polar surface area (TPSA) is 39.2 Å². The fourth-order valence-corrected chi connectivity index (χ4v) is 2.40. The van der Waals surface area contributed by atoms with Crippen LogP contribution < -0.4 is 0 Å². The molecule has 0 aliphatic heterocycles. The summed E-state index contributed by atoms with van der Waals surface area (Å²) in [6.07, 6.45) is 10.6. The van der Waals surface area contributed by atoms with Crippen molar-refractivity contribution in [3.8, 4) is 0 Å². The molecule has 2 aromatic rings. The Labute approximate surface area is 144 Å². The molecule has 0 saturated carbocycles. The molecule has 24 heavy (non-hydrogen) atoms. The maximum Gasteiger partial charge on any atom is 0.155 e. The van der Waals surface area contributed by atoms with Crippen LogP contribution in [0.5, 0.6) is 0 Å². The molecule has 0 unspecified atom stereocenters. The molecule has 1 aromatic carbocycles. The van der Waals surface area contributed by atoms with Crippen molar-refractivity contribution in [1.29, 1.82) is 0 Å². The zero-order valence-electron chi connectivity index (χ0n) is 14.3. The van der Waals surface area contributed by atoms with Gasteiger partial charge in [0.1, 0.15) is 0 Å². The third kappa shape index (κ3) is 6.88. The van der Waals surface area contributed by atoms with Gasteiger partial charge >= 0.3 is 0 Å². The summed E-state index contributed by atoms with van der Waals surface area (Å²) in [5.41, 5.74) is 3.59. The Bertz CT molecular complexity index is 633. The van der Waals surface area contributed by atoms with E-state index in [0.29, 0.717) is 19.6 Å². The average Bonchev–Trinajstić information content (AvgIpc) is 2.63. The second kappa shape index (κ2) is 10.5. The van der Waals surface area contributed by atoms with Gasteiger partial charge in [-0.1, -0.05) is 36.4 Å². The van der Waals surface area contributed by atoms with E-state index in [1.807, 2.05) is 25.3 Å². The van der Waals surface area contributed by atoms with Crippen LogP contribution in [0.15, 0.2) is 54.9 Å². The quantitative estimate of drug-likeness (QED) is 0.484. The van der Waals surface area contributed by atoms with Crippen LogP contribution in [0, 0.1) is 0 Å². The van der Waals surface area contributed by atoms with Crippen molar-refractivity contribution < 1.29 is 9.53 Å². The summed E-state index contributed by atoms with van der Waals surface area (Å²) >= 11 is 0. The van der Waals surface area contributed by atoms with E-state index in [0.717, 1.165) is 24.8 Å². The zero-order valence-corrected chi connectivity index (χ0v) is 14.3. The van der Waals surface area contributed by atoms with Crippen LogP contribution in [-0.2, 0) is 22.4 Å². The monoisotopic (exact) mass is 323 g/mol. The number of pyridine rings is 1. The molecule has 0 atom stereocenters. The molecule has 1 heterocycles. The minimum absolute atomic E-state index is 0.148. The maximum atomic E-state index is 11.8. The smallest absolute Gasteiger partial charge is 0.155 e. The van der Waals surface area contributed by atoms with Gasteiger partial charge in [0.05, 0.1) is 0 Å².